The van der Waals surface area contributed by atoms with E-state index in [4.69, 9.17) is 10.3 Å². The minimum atomic E-state index is -0.0254. The van der Waals surface area contributed by atoms with Crippen LogP contribution in [0.1, 0.15) is 29.2 Å². The smallest absolute Gasteiger partial charge is 0.108 e. The highest BCUT2D eigenvalue weighted by Gasteiger charge is 2.18. The summed E-state index contributed by atoms with van der Waals surface area (Å²) in [6, 6.07) is 27.1. The molecule has 0 aliphatic carbocycles. The normalized spacial score (nSPS) is 14.7. The van der Waals surface area contributed by atoms with Crippen LogP contribution in [0.5, 0.6) is 0 Å². The Kier molecular flexibility index (Phi) is 9.98. The van der Waals surface area contributed by atoms with E-state index in [1.807, 2.05) is 18.2 Å². The summed E-state index contributed by atoms with van der Waals surface area (Å²) in [5, 5.41) is 3.72. The summed E-state index contributed by atoms with van der Waals surface area (Å²) in [5.74, 6) is 0. The number of nitrogens with zero attached hydrogens (tertiary/aromatic N) is 5. The average molecular weight is 580 g/mol. The zero-order valence-corrected chi connectivity index (χ0v) is 22.1. The van der Waals surface area contributed by atoms with E-state index in [9.17, 15) is 0 Å². The minimum Gasteiger partial charge on any atom is -0.367 e. The van der Waals surface area contributed by atoms with Crippen molar-refractivity contribution < 1.29 is 4.74 Å². The number of hydrogen-bond donors (Lipinski definition) is 0. The van der Waals surface area contributed by atoms with Crippen LogP contribution in [0.4, 0.5) is 5.69 Å². The van der Waals surface area contributed by atoms with Gasteiger partial charge in [0.2, 0.25) is 0 Å². The molecule has 1 fully saturated rings. The van der Waals surface area contributed by atoms with Crippen molar-refractivity contribution in [1.29, 1.82) is 0 Å². The van der Waals surface area contributed by atoms with Crippen molar-refractivity contribution in [3.8, 4) is 0 Å². The number of rotatable bonds is 11. The zero-order valence-electron chi connectivity index (χ0n) is 20.0. The lowest BCUT2D eigenvalue weighted by molar-refractivity contribution is 0.0451. The van der Waals surface area contributed by atoms with Crippen molar-refractivity contribution in [2.45, 2.75) is 18.9 Å². The highest BCUT2D eigenvalue weighted by molar-refractivity contribution is 14.1. The van der Waals surface area contributed by atoms with Gasteiger partial charge in [-0.1, -0.05) is 77.9 Å². The Morgan fingerprint density at radius 2 is 1.46 bits per heavy atom. The van der Waals surface area contributed by atoms with Crippen molar-refractivity contribution in [2.24, 2.45) is 5.11 Å². The van der Waals surface area contributed by atoms with Crippen LogP contribution in [0.2, 0.25) is 0 Å². The molecular weight excluding hydrogens is 547 g/mol. The monoisotopic (exact) mass is 579 g/mol. The Morgan fingerprint density at radius 1 is 0.857 bits per heavy atom. The molecule has 0 unspecified atom stereocenters. The van der Waals surface area contributed by atoms with Gasteiger partial charge in [0.05, 0.1) is 12.3 Å². The van der Waals surface area contributed by atoms with E-state index in [0.29, 0.717) is 5.69 Å². The van der Waals surface area contributed by atoms with Crippen molar-refractivity contribution >= 4 is 28.3 Å². The van der Waals surface area contributed by atoms with Crippen LogP contribution in [-0.2, 0) is 11.2 Å². The molecule has 1 aliphatic heterocycles. The number of halogens is 1. The summed E-state index contributed by atoms with van der Waals surface area (Å²) in [7, 11) is 0. The van der Waals surface area contributed by atoms with Gasteiger partial charge in [0.15, 0.2) is 0 Å². The highest BCUT2D eigenvalue weighted by atomic mass is 125. The number of benzene rings is 3. The Labute approximate surface area is 221 Å². The summed E-state index contributed by atoms with van der Waals surface area (Å²) < 4.78 is 7.42. The molecule has 0 amide bonds. The molecule has 7 heteroatoms. The molecule has 0 atom stereocenters. The Morgan fingerprint density at radius 3 is 2.03 bits per heavy atom. The maximum absolute atomic E-state index is 8.62. The highest BCUT2D eigenvalue weighted by Crippen LogP contribution is 2.26. The summed E-state index contributed by atoms with van der Waals surface area (Å²) >= 11 is 2.24. The van der Waals surface area contributed by atoms with Gasteiger partial charge in [-0.05, 0) is 70.3 Å². The third kappa shape index (κ3) is 7.78. The van der Waals surface area contributed by atoms with Crippen molar-refractivity contribution in [3.05, 3.63) is 110 Å². The fraction of sp³-hybridized carbons (Fsp3) is 0.357. The molecular formula is C28H32IN5O. The van der Waals surface area contributed by atoms with E-state index in [1.165, 1.54) is 16.7 Å². The predicted octanol–water partition coefficient (Wildman–Crippen LogP) is 6.59. The van der Waals surface area contributed by atoms with Crippen LogP contribution in [0.25, 0.3) is 10.4 Å². The van der Waals surface area contributed by atoms with Gasteiger partial charge in [0.25, 0.3) is 0 Å². The first-order chi connectivity index (χ1) is 17.2. The molecule has 35 heavy (non-hydrogen) atoms. The Balaban J connectivity index is 1.18. The first-order valence-electron chi connectivity index (χ1n) is 12.2. The van der Waals surface area contributed by atoms with Gasteiger partial charge < -0.3 is 9.64 Å². The summed E-state index contributed by atoms with van der Waals surface area (Å²) in [4.78, 5) is 7.96. The molecule has 0 spiro atoms. The van der Waals surface area contributed by atoms with Crippen LogP contribution < -0.4 is 0 Å². The van der Waals surface area contributed by atoms with E-state index >= 15 is 0 Å². The maximum Gasteiger partial charge on any atom is 0.108 e. The van der Waals surface area contributed by atoms with Crippen LogP contribution in [-0.4, -0.2) is 55.7 Å². The standard InChI is InChI=1S/C28H32IN5O/c29-26-22-23(13-14-27(26)31-32-30)8-7-15-33-16-18-34(19-17-33)20-21-35-28(24-9-3-1-4-10-24)25-11-5-2-6-12-25/h1-6,9-14,22,28H,7-8,15-21H2/i29-2. The van der Waals surface area contributed by atoms with E-state index in [0.717, 1.165) is 62.3 Å². The molecule has 1 heterocycles. The lowest BCUT2D eigenvalue weighted by atomic mass is 10.0. The largest absolute Gasteiger partial charge is 0.367 e. The van der Waals surface area contributed by atoms with E-state index in [1.54, 1.807) is 0 Å². The summed E-state index contributed by atoms with van der Waals surface area (Å²) in [6.45, 7) is 7.18. The number of piperazine rings is 1. The van der Waals surface area contributed by atoms with E-state index in [2.05, 4.69) is 103 Å². The Hall–Kier alpha value is -2.42. The Bertz CT molecular complexity index is 1060. The molecule has 0 N–H and O–H groups in total. The van der Waals surface area contributed by atoms with Crippen LogP contribution in [0.15, 0.2) is 84.0 Å². The molecule has 3 aromatic carbocycles. The fourth-order valence-electron chi connectivity index (χ4n) is 4.52. The second kappa shape index (κ2) is 13.6. The predicted molar refractivity (Wildman–Crippen MR) is 150 cm³/mol. The second-order valence-electron chi connectivity index (χ2n) is 8.83. The van der Waals surface area contributed by atoms with Gasteiger partial charge in [-0.25, -0.2) is 0 Å². The topological polar surface area (TPSA) is 64.5 Å². The van der Waals surface area contributed by atoms with E-state index in [-0.39, 0.29) is 6.10 Å². The molecule has 4 rings (SSSR count). The average Bonchev–Trinajstić information content (AvgIpc) is 2.90. The molecule has 1 saturated heterocycles. The first-order valence-corrected chi connectivity index (χ1v) is 13.3. The zero-order chi connectivity index (χ0) is 24.3. The van der Waals surface area contributed by atoms with E-state index < -0.39 is 0 Å². The third-order valence-electron chi connectivity index (χ3n) is 6.47. The molecule has 6 nitrogen and oxygen atoms in total. The van der Waals surface area contributed by atoms with Gasteiger partial charge in [-0.2, -0.15) is 0 Å². The number of aryl methyl sites for hydroxylation is 1. The van der Waals surface area contributed by atoms with Gasteiger partial charge in [-0.15, -0.1) is 0 Å². The molecule has 0 aromatic heterocycles. The van der Waals surface area contributed by atoms with Crippen molar-refractivity contribution in [2.75, 3.05) is 45.9 Å². The second-order valence-corrected chi connectivity index (χ2v) is 10.00. The molecule has 1 aliphatic rings. The third-order valence-corrected chi connectivity index (χ3v) is 7.33. The van der Waals surface area contributed by atoms with Crippen LogP contribution in [0.3, 0.4) is 0 Å². The van der Waals surface area contributed by atoms with Gasteiger partial charge in [0, 0.05) is 41.2 Å². The quantitative estimate of drug-likeness (QED) is 0.111. The van der Waals surface area contributed by atoms with Crippen LogP contribution in [0, 0.1) is 3.57 Å². The summed E-state index contributed by atoms with van der Waals surface area (Å²) in [5.41, 5.74) is 13.0. The maximum atomic E-state index is 8.62. The number of azide groups is 1. The van der Waals surface area contributed by atoms with Gasteiger partial charge in [-0.3, -0.25) is 4.90 Å². The fourth-order valence-corrected chi connectivity index (χ4v) is 5.21. The molecule has 3 aromatic rings. The lowest BCUT2D eigenvalue weighted by Crippen LogP contribution is -2.47. The first kappa shape index (κ1) is 25.7. The molecule has 0 saturated carbocycles. The number of hydrogen-bond acceptors (Lipinski definition) is 4. The SMILES string of the molecule is [N-]=[N+]=Nc1ccc(CCCN2CCN(CCOC(c3ccccc3)c3ccccc3)CC2)cc1[125I]. The van der Waals surface area contributed by atoms with Gasteiger partial charge in [0.1, 0.15) is 6.10 Å². The lowest BCUT2D eigenvalue weighted by Gasteiger charge is -2.35. The van der Waals surface area contributed by atoms with Crippen molar-refractivity contribution in [1.82, 2.24) is 9.80 Å². The van der Waals surface area contributed by atoms with Crippen LogP contribution >= 0.6 is 22.6 Å². The summed E-state index contributed by atoms with van der Waals surface area (Å²) in [6.07, 6.45) is 2.15. The molecule has 0 radical (unpaired) electrons. The van der Waals surface area contributed by atoms with Gasteiger partial charge >= 0.3 is 0 Å². The molecule has 0 bridgehead atoms. The van der Waals surface area contributed by atoms with Crippen molar-refractivity contribution in [3.63, 3.8) is 0 Å². The number of ether oxygens (including phenoxy) is 1. The minimum absolute atomic E-state index is 0.0254. The molecule has 182 valence electrons.